The van der Waals surface area contributed by atoms with Gasteiger partial charge in [0.05, 0.1) is 13.2 Å². The Morgan fingerprint density at radius 2 is 1.48 bits per heavy atom. The minimum atomic E-state index is -1.31. The fraction of sp³-hybridized carbons (Fsp3) is 0.867. The van der Waals surface area contributed by atoms with Crippen molar-refractivity contribution in [2.75, 3.05) is 13.2 Å². The zero-order valence-electron chi connectivity index (χ0n) is 13.4. The van der Waals surface area contributed by atoms with Crippen LogP contribution in [0.3, 0.4) is 0 Å². The second-order valence-electron chi connectivity index (χ2n) is 4.81. The molecule has 0 atom stereocenters. The van der Waals surface area contributed by atoms with Crippen LogP contribution in [0.25, 0.3) is 0 Å². The molecule has 6 nitrogen and oxygen atoms in total. The van der Waals surface area contributed by atoms with Crippen LogP contribution in [0.4, 0.5) is 0 Å². The van der Waals surface area contributed by atoms with Gasteiger partial charge in [-0.15, -0.1) is 0 Å². The molecule has 0 rings (SSSR count). The molecular formula is C15H28O6. The monoisotopic (exact) mass is 304 g/mol. The molecule has 0 aromatic heterocycles. The Kier molecular flexibility index (Phi) is 10.9. The van der Waals surface area contributed by atoms with Crippen molar-refractivity contribution in [2.24, 2.45) is 0 Å². The maximum absolute atomic E-state index is 11.9. The average Bonchev–Trinajstić information content (AvgIpc) is 2.46. The van der Waals surface area contributed by atoms with Crippen LogP contribution in [-0.4, -0.2) is 36.2 Å². The van der Waals surface area contributed by atoms with Crippen molar-refractivity contribution in [1.82, 2.24) is 0 Å². The number of unbranched alkanes of at least 4 members (excludes halogenated alkanes) is 1. The molecule has 0 saturated carbocycles. The van der Waals surface area contributed by atoms with Crippen molar-refractivity contribution in [3.63, 3.8) is 0 Å². The quantitative estimate of drug-likeness (QED) is 0.320. The first-order valence-electron chi connectivity index (χ1n) is 7.71. The Labute approximate surface area is 126 Å². The van der Waals surface area contributed by atoms with E-state index in [1.54, 1.807) is 0 Å². The molecule has 6 heteroatoms. The van der Waals surface area contributed by atoms with E-state index in [0.29, 0.717) is 32.5 Å². The zero-order chi connectivity index (χ0) is 16.1. The second kappa shape index (κ2) is 11.5. The van der Waals surface area contributed by atoms with Gasteiger partial charge in [0, 0.05) is 19.3 Å². The lowest BCUT2D eigenvalue weighted by molar-refractivity contribution is -0.364. The van der Waals surface area contributed by atoms with Gasteiger partial charge in [-0.1, -0.05) is 20.8 Å². The van der Waals surface area contributed by atoms with Crippen molar-refractivity contribution in [2.45, 2.75) is 71.7 Å². The van der Waals surface area contributed by atoms with E-state index in [1.165, 1.54) is 0 Å². The maximum Gasteiger partial charge on any atom is 0.328 e. The average molecular weight is 304 g/mol. The Morgan fingerprint density at radius 3 is 1.90 bits per heavy atom. The van der Waals surface area contributed by atoms with E-state index in [2.05, 4.69) is 0 Å². The fourth-order valence-electron chi connectivity index (χ4n) is 1.66. The van der Waals surface area contributed by atoms with Gasteiger partial charge >= 0.3 is 17.9 Å². The van der Waals surface area contributed by atoms with Crippen LogP contribution in [0, 0.1) is 0 Å². The fourth-order valence-corrected chi connectivity index (χ4v) is 1.66. The van der Waals surface area contributed by atoms with Crippen LogP contribution in [0.1, 0.15) is 65.7 Å². The summed E-state index contributed by atoms with van der Waals surface area (Å²) >= 11 is 0. The predicted molar refractivity (Wildman–Crippen MR) is 77.7 cm³/mol. The third-order valence-electron chi connectivity index (χ3n) is 2.78. The van der Waals surface area contributed by atoms with E-state index < -0.39 is 17.9 Å². The number of carboxylic acid groups (broad SMARTS) is 1. The van der Waals surface area contributed by atoms with Gasteiger partial charge in [-0.25, -0.2) is 0 Å². The smallest absolute Gasteiger partial charge is 0.328 e. The lowest BCUT2D eigenvalue weighted by Gasteiger charge is -2.31. The Bertz CT molecular complexity index is 295. The molecular weight excluding hydrogens is 276 g/mol. The summed E-state index contributed by atoms with van der Waals surface area (Å²) in [6.45, 7) is 6.67. The molecule has 0 amide bonds. The highest BCUT2D eigenvalue weighted by Gasteiger charge is 2.34. The number of carbonyl (C=O) groups excluding carboxylic acids is 1. The summed E-state index contributed by atoms with van der Waals surface area (Å²) in [5.41, 5.74) is 0. The van der Waals surface area contributed by atoms with Crippen molar-refractivity contribution in [3.05, 3.63) is 0 Å². The second-order valence-corrected chi connectivity index (χ2v) is 4.81. The van der Waals surface area contributed by atoms with Crippen molar-refractivity contribution < 1.29 is 28.9 Å². The summed E-state index contributed by atoms with van der Waals surface area (Å²) in [4.78, 5) is 22.3. The highest BCUT2D eigenvalue weighted by atomic mass is 16.9. The summed E-state index contributed by atoms with van der Waals surface area (Å²) in [5, 5.41) is 8.54. The third kappa shape index (κ3) is 9.42. The van der Waals surface area contributed by atoms with Crippen LogP contribution in [-0.2, 0) is 23.8 Å². The summed E-state index contributed by atoms with van der Waals surface area (Å²) in [6, 6.07) is 0. The van der Waals surface area contributed by atoms with Crippen molar-refractivity contribution in [3.8, 4) is 0 Å². The highest BCUT2D eigenvalue weighted by Crippen LogP contribution is 2.22. The van der Waals surface area contributed by atoms with Crippen molar-refractivity contribution in [1.29, 1.82) is 0 Å². The number of aliphatic carboxylic acids is 1. The number of carbonyl (C=O) groups is 2. The molecule has 0 bridgehead atoms. The molecule has 1 N–H and O–H groups in total. The Hall–Kier alpha value is -1.14. The highest BCUT2D eigenvalue weighted by molar-refractivity contribution is 5.70. The van der Waals surface area contributed by atoms with Gasteiger partial charge in [-0.05, 0) is 25.7 Å². The van der Waals surface area contributed by atoms with Gasteiger partial charge < -0.3 is 19.3 Å². The van der Waals surface area contributed by atoms with E-state index in [4.69, 9.17) is 19.3 Å². The van der Waals surface area contributed by atoms with Crippen LogP contribution in [0.2, 0.25) is 0 Å². The number of ether oxygens (including phenoxy) is 3. The summed E-state index contributed by atoms with van der Waals surface area (Å²) in [6.07, 6.45) is 3.17. The number of esters is 1. The first-order valence-corrected chi connectivity index (χ1v) is 7.71. The Balaban J connectivity index is 4.34. The number of hydrogen-bond acceptors (Lipinski definition) is 5. The minimum absolute atomic E-state index is 0.0604. The van der Waals surface area contributed by atoms with Crippen LogP contribution in [0.15, 0.2) is 0 Å². The molecule has 124 valence electrons. The topological polar surface area (TPSA) is 82.1 Å². The molecule has 0 aliphatic carbocycles. The largest absolute Gasteiger partial charge is 0.481 e. The standard InChI is InChI=1S/C15H28O6/c1-4-11-19-15(6-3,20-12-5-2)21-14(18)10-8-7-9-13(16)17/h4-12H2,1-3H3,(H,16,17). The van der Waals surface area contributed by atoms with E-state index in [0.717, 1.165) is 12.8 Å². The molecule has 0 fully saturated rings. The molecule has 0 aliphatic rings. The van der Waals surface area contributed by atoms with Crippen LogP contribution in [0.5, 0.6) is 0 Å². The molecule has 0 spiro atoms. The molecule has 21 heavy (non-hydrogen) atoms. The van der Waals surface area contributed by atoms with Gasteiger partial charge in [0.15, 0.2) is 0 Å². The van der Waals surface area contributed by atoms with Gasteiger partial charge in [0.2, 0.25) is 0 Å². The molecule has 0 heterocycles. The summed E-state index contributed by atoms with van der Waals surface area (Å²) < 4.78 is 16.5. The first kappa shape index (κ1) is 19.9. The molecule has 0 radical (unpaired) electrons. The van der Waals surface area contributed by atoms with E-state index in [9.17, 15) is 9.59 Å². The Morgan fingerprint density at radius 1 is 0.952 bits per heavy atom. The van der Waals surface area contributed by atoms with E-state index >= 15 is 0 Å². The molecule has 0 unspecified atom stereocenters. The number of rotatable bonds is 13. The maximum atomic E-state index is 11.9. The van der Waals surface area contributed by atoms with Gasteiger partial charge in [0.25, 0.3) is 0 Å². The molecule has 0 aliphatic heterocycles. The lowest BCUT2D eigenvalue weighted by Crippen LogP contribution is -2.41. The van der Waals surface area contributed by atoms with E-state index in [1.807, 2.05) is 20.8 Å². The molecule has 0 saturated heterocycles. The van der Waals surface area contributed by atoms with Crippen LogP contribution >= 0.6 is 0 Å². The number of hydrogen-bond donors (Lipinski definition) is 1. The molecule has 0 aromatic rings. The number of carboxylic acids is 1. The molecule has 0 aromatic carbocycles. The summed E-state index contributed by atoms with van der Waals surface area (Å²) in [5.74, 6) is -2.59. The van der Waals surface area contributed by atoms with Crippen LogP contribution < -0.4 is 0 Å². The van der Waals surface area contributed by atoms with Gasteiger partial charge in [-0.3, -0.25) is 9.59 Å². The van der Waals surface area contributed by atoms with Gasteiger partial charge in [-0.2, -0.15) is 0 Å². The third-order valence-corrected chi connectivity index (χ3v) is 2.78. The SMILES string of the molecule is CCCOC(CC)(OCCC)OC(=O)CCCCC(=O)O. The normalized spacial score (nSPS) is 11.4. The summed E-state index contributed by atoms with van der Waals surface area (Å²) in [7, 11) is 0. The van der Waals surface area contributed by atoms with Crippen molar-refractivity contribution >= 4 is 11.9 Å². The lowest BCUT2D eigenvalue weighted by atomic mass is 10.2. The van der Waals surface area contributed by atoms with Gasteiger partial charge in [0.1, 0.15) is 0 Å². The first-order chi connectivity index (χ1) is 9.99. The minimum Gasteiger partial charge on any atom is -0.481 e. The van der Waals surface area contributed by atoms with E-state index in [-0.39, 0.29) is 12.8 Å². The predicted octanol–water partition coefficient (Wildman–Crippen LogP) is 3.09. The zero-order valence-corrected chi connectivity index (χ0v) is 13.4.